The van der Waals surface area contributed by atoms with E-state index in [4.69, 9.17) is 9.15 Å². The maximum Gasteiger partial charge on any atom is 0.290 e. The first kappa shape index (κ1) is 24.3. The molecule has 1 amide bonds. The van der Waals surface area contributed by atoms with Crippen LogP contribution in [-0.2, 0) is 11.4 Å². The van der Waals surface area contributed by atoms with Crippen molar-refractivity contribution in [3.63, 3.8) is 0 Å². The third-order valence-electron chi connectivity index (χ3n) is 6.27. The Hall–Kier alpha value is -3.84. The number of benzene rings is 2. The molecule has 1 aliphatic rings. The Morgan fingerprint density at radius 3 is 2.51 bits per heavy atom. The number of amides is 1. The van der Waals surface area contributed by atoms with Crippen molar-refractivity contribution in [1.82, 2.24) is 9.80 Å². The molecule has 1 atom stereocenters. The van der Waals surface area contributed by atoms with E-state index in [1.165, 1.54) is 12.3 Å². The van der Waals surface area contributed by atoms with Crippen molar-refractivity contribution in [1.29, 1.82) is 0 Å². The highest BCUT2D eigenvalue weighted by molar-refractivity contribution is 6.15. The van der Waals surface area contributed by atoms with E-state index in [1.807, 2.05) is 54.6 Å². The van der Waals surface area contributed by atoms with Gasteiger partial charge in [0.25, 0.3) is 5.91 Å². The minimum atomic E-state index is -0.754. The molecule has 3 aromatic rings. The van der Waals surface area contributed by atoms with Crippen LogP contribution in [0.3, 0.4) is 0 Å². The van der Waals surface area contributed by atoms with E-state index >= 15 is 0 Å². The molecule has 1 aromatic heterocycles. The van der Waals surface area contributed by atoms with Crippen LogP contribution in [0.4, 0.5) is 0 Å². The number of nitrogens with zero attached hydrogens (tertiary/aromatic N) is 2. The average Bonchev–Trinajstić information content (AvgIpc) is 3.52. The molecule has 1 N–H and O–H groups in total. The molecule has 1 unspecified atom stereocenters. The number of carbonyl (C=O) groups excluding carboxylic acids is 2. The standard InChI is InChI=1S/C28H30N2O5/c1-3-29(4-2)15-16-30-25(24(27(32)28(30)33)26(31)23-14-9-17-34-23)21-12-8-13-22(18-21)35-19-20-10-6-5-7-11-20/h5-14,17-18,25,32H,3-4,15-16,19H2,1-2H3. The number of furan rings is 1. The zero-order valence-corrected chi connectivity index (χ0v) is 20.0. The van der Waals surface area contributed by atoms with Gasteiger partial charge in [0, 0.05) is 13.1 Å². The fraction of sp³-hybridized carbons (Fsp3) is 0.286. The van der Waals surface area contributed by atoms with E-state index in [1.54, 1.807) is 11.0 Å². The Morgan fingerprint density at radius 2 is 1.83 bits per heavy atom. The van der Waals surface area contributed by atoms with Crippen LogP contribution in [0.2, 0.25) is 0 Å². The molecule has 0 saturated heterocycles. The first-order valence-electron chi connectivity index (χ1n) is 11.8. The molecule has 0 radical (unpaired) electrons. The Morgan fingerprint density at radius 1 is 1.06 bits per heavy atom. The maximum absolute atomic E-state index is 13.3. The molecular formula is C28H30N2O5. The molecule has 182 valence electrons. The maximum atomic E-state index is 13.3. The normalized spacial score (nSPS) is 15.8. The smallest absolute Gasteiger partial charge is 0.290 e. The minimum absolute atomic E-state index is 0.0182. The van der Waals surface area contributed by atoms with Gasteiger partial charge in [0.15, 0.2) is 11.5 Å². The van der Waals surface area contributed by atoms with Gasteiger partial charge in [0.2, 0.25) is 5.78 Å². The van der Waals surface area contributed by atoms with E-state index in [-0.39, 0.29) is 11.3 Å². The fourth-order valence-corrected chi connectivity index (χ4v) is 4.31. The van der Waals surface area contributed by atoms with Gasteiger partial charge in [-0.15, -0.1) is 0 Å². The largest absolute Gasteiger partial charge is 0.503 e. The van der Waals surface area contributed by atoms with Crippen LogP contribution in [-0.4, -0.2) is 52.8 Å². The SMILES string of the molecule is CCN(CC)CCN1C(=O)C(O)=C(C(=O)c2ccco2)C1c1cccc(OCc2ccccc2)c1. The van der Waals surface area contributed by atoms with Gasteiger partial charge in [-0.25, -0.2) is 0 Å². The lowest BCUT2D eigenvalue weighted by molar-refractivity contribution is -0.129. The summed E-state index contributed by atoms with van der Waals surface area (Å²) < 4.78 is 11.3. The van der Waals surface area contributed by atoms with Crippen LogP contribution < -0.4 is 4.74 Å². The fourth-order valence-electron chi connectivity index (χ4n) is 4.31. The van der Waals surface area contributed by atoms with Crippen molar-refractivity contribution < 1.29 is 23.8 Å². The summed E-state index contributed by atoms with van der Waals surface area (Å²) in [4.78, 5) is 30.2. The highest BCUT2D eigenvalue weighted by atomic mass is 16.5. The molecule has 7 nitrogen and oxygen atoms in total. The van der Waals surface area contributed by atoms with Crippen LogP contribution >= 0.6 is 0 Å². The van der Waals surface area contributed by atoms with E-state index in [0.29, 0.717) is 31.0 Å². The van der Waals surface area contributed by atoms with Gasteiger partial charge in [-0.3, -0.25) is 9.59 Å². The van der Waals surface area contributed by atoms with Crippen LogP contribution in [0, 0.1) is 0 Å². The molecular weight excluding hydrogens is 444 g/mol. The number of carbonyl (C=O) groups is 2. The number of rotatable bonds is 11. The van der Waals surface area contributed by atoms with E-state index in [2.05, 4.69) is 18.7 Å². The van der Waals surface area contributed by atoms with Gasteiger partial charge in [-0.2, -0.15) is 0 Å². The molecule has 7 heteroatoms. The number of ketones is 1. The summed E-state index contributed by atoms with van der Waals surface area (Å²) in [5, 5.41) is 10.8. The lowest BCUT2D eigenvalue weighted by Crippen LogP contribution is -2.38. The van der Waals surface area contributed by atoms with Crippen LogP contribution in [0.15, 0.2) is 88.7 Å². The van der Waals surface area contributed by atoms with E-state index < -0.39 is 23.5 Å². The van der Waals surface area contributed by atoms with Gasteiger partial charge in [0.1, 0.15) is 12.4 Å². The van der Waals surface area contributed by atoms with Crippen LogP contribution in [0.25, 0.3) is 0 Å². The zero-order chi connectivity index (χ0) is 24.8. The summed E-state index contributed by atoms with van der Waals surface area (Å²) in [7, 11) is 0. The molecule has 2 heterocycles. The number of aliphatic hydroxyl groups excluding tert-OH is 1. The van der Waals surface area contributed by atoms with Gasteiger partial charge in [-0.05, 0) is 48.5 Å². The summed E-state index contributed by atoms with van der Waals surface area (Å²) in [6.45, 7) is 7.16. The van der Waals surface area contributed by atoms with E-state index in [9.17, 15) is 14.7 Å². The molecule has 0 bridgehead atoms. The first-order chi connectivity index (χ1) is 17.0. The Kier molecular flexibility index (Phi) is 7.67. The second-order valence-electron chi connectivity index (χ2n) is 8.34. The number of aliphatic hydroxyl groups is 1. The summed E-state index contributed by atoms with van der Waals surface area (Å²) in [6, 6.07) is 19.5. The van der Waals surface area contributed by atoms with Crippen LogP contribution in [0.1, 0.15) is 41.6 Å². The van der Waals surface area contributed by atoms with Gasteiger partial charge >= 0.3 is 0 Å². The molecule has 0 spiro atoms. The van der Waals surface area contributed by atoms with Crippen molar-refractivity contribution in [3.05, 3.63) is 101 Å². The number of hydrogen-bond donors (Lipinski definition) is 1. The predicted octanol–water partition coefficient (Wildman–Crippen LogP) is 4.78. The van der Waals surface area contributed by atoms with Gasteiger partial charge in [-0.1, -0.05) is 56.3 Å². The third kappa shape index (κ3) is 5.30. The number of ether oxygens (including phenoxy) is 1. The van der Waals surface area contributed by atoms with Crippen molar-refractivity contribution >= 4 is 11.7 Å². The molecule has 0 aliphatic carbocycles. The van der Waals surface area contributed by atoms with E-state index in [0.717, 1.165) is 18.7 Å². The topological polar surface area (TPSA) is 83.2 Å². The number of Topliss-reactive ketones (excluding diaryl/α,β-unsaturated/α-hetero) is 1. The molecule has 0 saturated carbocycles. The summed E-state index contributed by atoms with van der Waals surface area (Å²) in [5.74, 6) is -0.920. The second kappa shape index (κ2) is 11.1. The second-order valence-corrected chi connectivity index (χ2v) is 8.34. The number of likely N-dealkylation sites (N-methyl/N-ethyl adjacent to an activating group) is 1. The lowest BCUT2D eigenvalue weighted by atomic mass is 9.95. The molecule has 2 aromatic carbocycles. The highest BCUT2D eigenvalue weighted by Gasteiger charge is 2.44. The third-order valence-corrected chi connectivity index (χ3v) is 6.27. The molecule has 1 aliphatic heterocycles. The van der Waals surface area contributed by atoms with Crippen molar-refractivity contribution in [2.75, 3.05) is 26.2 Å². The van der Waals surface area contributed by atoms with Gasteiger partial charge in [0.05, 0.1) is 17.9 Å². The Labute approximate surface area is 205 Å². The average molecular weight is 475 g/mol. The van der Waals surface area contributed by atoms with Crippen molar-refractivity contribution in [2.45, 2.75) is 26.5 Å². The molecule has 4 rings (SSSR count). The lowest BCUT2D eigenvalue weighted by Gasteiger charge is -2.29. The molecule has 35 heavy (non-hydrogen) atoms. The minimum Gasteiger partial charge on any atom is -0.503 e. The zero-order valence-electron chi connectivity index (χ0n) is 20.0. The highest BCUT2D eigenvalue weighted by Crippen LogP contribution is 2.39. The van der Waals surface area contributed by atoms with Crippen LogP contribution in [0.5, 0.6) is 5.75 Å². The van der Waals surface area contributed by atoms with Crippen molar-refractivity contribution in [2.24, 2.45) is 0 Å². The molecule has 0 fully saturated rings. The Bertz CT molecular complexity index is 1180. The quantitative estimate of drug-likeness (QED) is 0.403. The monoisotopic (exact) mass is 474 g/mol. The Balaban J connectivity index is 1.66. The predicted molar refractivity (Wildman–Crippen MR) is 132 cm³/mol. The van der Waals surface area contributed by atoms with Crippen molar-refractivity contribution in [3.8, 4) is 5.75 Å². The first-order valence-corrected chi connectivity index (χ1v) is 11.8. The summed E-state index contributed by atoms with van der Waals surface area (Å²) >= 11 is 0. The summed E-state index contributed by atoms with van der Waals surface area (Å²) in [5.41, 5.74) is 1.73. The van der Waals surface area contributed by atoms with Gasteiger partial charge < -0.3 is 24.1 Å². The summed E-state index contributed by atoms with van der Waals surface area (Å²) in [6.07, 6.45) is 1.40. The number of hydrogen-bond acceptors (Lipinski definition) is 6.